The van der Waals surface area contributed by atoms with Crippen molar-refractivity contribution in [2.24, 2.45) is 5.73 Å². The molecule has 0 aliphatic carbocycles. The monoisotopic (exact) mass is 473 g/mol. The second-order valence-electron chi connectivity index (χ2n) is 8.08. The van der Waals surface area contributed by atoms with Gasteiger partial charge in [-0.15, -0.1) is 12.4 Å². The van der Waals surface area contributed by atoms with Crippen molar-refractivity contribution in [2.45, 2.75) is 76.9 Å². The number of nitrogens with one attached hydrogen (secondary N) is 1. The highest BCUT2D eigenvalue weighted by atomic mass is 35.5. The SMILES string of the molecule is CCCCCCCCc1ccc(-c2noc(C3CCCN3C(=N)N)n2)cc1C(F)(F)F.Cl. The lowest BCUT2D eigenvalue weighted by atomic mass is 9.97. The molecule has 1 atom stereocenters. The molecule has 6 nitrogen and oxygen atoms in total. The molecular weight excluding hydrogens is 443 g/mol. The van der Waals surface area contributed by atoms with Crippen LogP contribution in [0.2, 0.25) is 0 Å². The molecule has 1 aromatic heterocycles. The van der Waals surface area contributed by atoms with Crippen molar-refractivity contribution in [1.82, 2.24) is 15.0 Å². The number of rotatable bonds is 9. The molecule has 2 aromatic rings. The van der Waals surface area contributed by atoms with Crippen molar-refractivity contribution in [2.75, 3.05) is 6.54 Å². The number of aromatic nitrogens is 2. The number of hydrogen-bond donors (Lipinski definition) is 2. The van der Waals surface area contributed by atoms with Gasteiger partial charge in [-0.1, -0.05) is 56.3 Å². The van der Waals surface area contributed by atoms with Crippen LogP contribution in [0, 0.1) is 5.41 Å². The van der Waals surface area contributed by atoms with Crippen LogP contribution in [-0.2, 0) is 12.6 Å². The van der Waals surface area contributed by atoms with Crippen molar-refractivity contribution < 1.29 is 17.7 Å². The number of guanidine groups is 1. The zero-order valence-electron chi connectivity index (χ0n) is 18.2. The molecular formula is C22H31ClF3N5O. The fourth-order valence-corrected chi connectivity index (χ4v) is 4.09. The van der Waals surface area contributed by atoms with Crippen LogP contribution in [-0.4, -0.2) is 27.5 Å². The van der Waals surface area contributed by atoms with Crippen molar-refractivity contribution in [3.05, 3.63) is 35.2 Å². The lowest BCUT2D eigenvalue weighted by Gasteiger charge is -2.21. The van der Waals surface area contributed by atoms with Crippen molar-refractivity contribution in [3.8, 4) is 11.4 Å². The summed E-state index contributed by atoms with van der Waals surface area (Å²) in [5, 5.41) is 11.5. The summed E-state index contributed by atoms with van der Waals surface area (Å²) in [6.45, 7) is 2.75. The molecule has 1 aliphatic rings. The molecule has 3 rings (SSSR count). The van der Waals surface area contributed by atoms with Crippen LogP contribution in [0.5, 0.6) is 0 Å². The Morgan fingerprint density at radius 3 is 2.62 bits per heavy atom. The van der Waals surface area contributed by atoms with Gasteiger partial charge in [-0.25, -0.2) is 0 Å². The number of halogens is 4. The van der Waals surface area contributed by atoms with Crippen LogP contribution in [0.25, 0.3) is 11.4 Å². The highest BCUT2D eigenvalue weighted by Gasteiger charge is 2.35. The number of alkyl halides is 3. The van der Waals surface area contributed by atoms with Gasteiger partial charge in [-0.05, 0) is 37.3 Å². The topological polar surface area (TPSA) is 92.0 Å². The minimum Gasteiger partial charge on any atom is -0.370 e. The van der Waals surface area contributed by atoms with Crippen LogP contribution in [0.1, 0.15) is 81.3 Å². The van der Waals surface area contributed by atoms with Gasteiger partial charge >= 0.3 is 6.18 Å². The maximum absolute atomic E-state index is 13.7. The third kappa shape index (κ3) is 6.37. The Balaban J connectivity index is 0.00000363. The number of unbranched alkanes of at least 4 members (excludes halogenated alkanes) is 5. The molecule has 2 heterocycles. The van der Waals surface area contributed by atoms with Crippen molar-refractivity contribution >= 4 is 18.4 Å². The van der Waals surface area contributed by atoms with E-state index in [9.17, 15) is 13.2 Å². The molecule has 0 radical (unpaired) electrons. The standard InChI is InChI=1S/C22H30F3N5O.ClH/c1-2-3-4-5-6-7-9-15-11-12-16(14-17(15)22(23,24)25)19-28-20(31-29-19)18-10-8-13-30(18)21(26)27;/h11-12,14,18H,2-10,13H2,1H3,(H3,26,27);1H. The lowest BCUT2D eigenvalue weighted by molar-refractivity contribution is -0.138. The molecule has 3 N–H and O–H groups in total. The Morgan fingerprint density at radius 2 is 1.94 bits per heavy atom. The number of aryl methyl sites for hydroxylation is 1. The molecule has 1 saturated heterocycles. The van der Waals surface area contributed by atoms with Crippen molar-refractivity contribution in [3.63, 3.8) is 0 Å². The summed E-state index contributed by atoms with van der Waals surface area (Å²) >= 11 is 0. The minimum atomic E-state index is -4.45. The van der Waals surface area contributed by atoms with Crippen molar-refractivity contribution in [1.29, 1.82) is 5.41 Å². The highest BCUT2D eigenvalue weighted by molar-refractivity contribution is 5.85. The van der Waals surface area contributed by atoms with E-state index in [4.69, 9.17) is 15.7 Å². The maximum atomic E-state index is 13.7. The van der Waals surface area contributed by atoms with E-state index in [-0.39, 0.29) is 41.7 Å². The summed E-state index contributed by atoms with van der Waals surface area (Å²) < 4.78 is 46.4. The Morgan fingerprint density at radius 1 is 1.22 bits per heavy atom. The average Bonchev–Trinajstić information content (AvgIpc) is 3.39. The molecule has 1 unspecified atom stereocenters. The largest absolute Gasteiger partial charge is 0.416 e. The molecule has 0 saturated carbocycles. The Hall–Kier alpha value is -2.29. The van der Waals surface area contributed by atoms with E-state index in [0.29, 0.717) is 24.9 Å². The van der Waals surface area contributed by atoms with Gasteiger partial charge < -0.3 is 15.2 Å². The van der Waals surface area contributed by atoms with Gasteiger partial charge in [0, 0.05) is 12.1 Å². The van der Waals surface area contributed by atoms with Gasteiger partial charge in [0.15, 0.2) is 5.96 Å². The predicted octanol–water partition coefficient (Wildman–Crippen LogP) is 6.11. The molecule has 1 aliphatic heterocycles. The second kappa shape index (κ2) is 11.5. The predicted molar refractivity (Wildman–Crippen MR) is 120 cm³/mol. The van der Waals surface area contributed by atoms with Crippen LogP contribution < -0.4 is 5.73 Å². The first-order chi connectivity index (χ1) is 14.8. The summed E-state index contributed by atoms with van der Waals surface area (Å²) in [4.78, 5) is 5.97. The van der Waals surface area contributed by atoms with Gasteiger partial charge in [0.2, 0.25) is 11.7 Å². The normalized spacial score (nSPS) is 16.2. The van der Waals surface area contributed by atoms with E-state index in [2.05, 4.69) is 17.1 Å². The van der Waals surface area contributed by atoms with E-state index < -0.39 is 11.7 Å². The Kier molecular flexibility index (Phi) is 9.36. The molecule has 10 heteroatoms. The van der Waals surface area contributed by atoms with Crippen LogP contribution in [0.15, 0.2) is 22.7 Å². The van der Waals surface area contributed by atoms with Crippen LogP contribution >= 0.6 is 12.4 Å². The zero-order chi connectivity index (χ0) is 22.4. The molecule has 0 bridgehead atoms. The van der Waals surface area contributed by atoms with E-state index >= 15 is 0 Å². The number of benzene rings is 1. The first-order valence-corrected chi connectivity index (χ1v) is 11.0. The third-order valence-electron chi connectivity index (χ3n) is 5.76. The summed E-state index contributed by atoms with van der Waals surface area (Å²) in [7, 11) is 0. The highest BCUT2D eigenvalue weighted by Crippen LogP contribution is 2.36. The quantitative estimate of drug-likeness (QED) is 0.260. The number of likely N-dealkylation sites (tertiary alicyclic amines) is 1. The Bertz CT molecular complexity index is 887. The fourth-order valence-electron chi connectivity index (χ4n) is 4.09. The molecule has 0 spiro atoms. The molecule has 1 aromatic carbocycles. The van der Waals surface area contributed by atoms with Crippen LogP contribution in [0.4, 0.5) is 13.2 Å². The minimum absolute atomic E-state index is 0. The summed E-state index contributed by atoms with van der Waals surface area (Å²) in [5.74, 6) is 0.301. The first kappa shape index (κ1) is 26.0. The molecule has 1 fully saturated rings. The number of nitrogens with zero attached hydrogens (tertiary/aromatic N) is 3. The molecule has 0 amide bonds. The van der Waals surface area contributed by atoms with Gasteiger partial charge in [0.25, 0.3) is 0 Å². The Labute approximate surface area is 192 Å². The second-order valence-corrected chi connectivity index (χ2v) is 8.08. The van der Waals surface area contributed by atoms with E-state index in [1.807, 2.05) is 0 Å². The van der Waals surface area contributed by atoms with E-state index in [0.717, 1.165) is 44.6 Å². The van der Waals surface area contributed by atoms with Gasteiger partial charge in [0.1, 0.15) is 6.04 Å². The van der Waals surface area contributed by atoms with Gasteiger partial charge in [0.05, 0.1) is 5.56 Å². The zero-order valence-corrected chi connectivity index (χ0v) is 19.1. The van der Waals surface area contributed by atoms with E-state index in [1.54, 1.807) is 11.0 Å². The number of nitrogens with two attached hydrogens (primary N) is 1. The summed E-state index contributed by atoms with van der Waals surface area (Å²) in [6, 6.07) is 3.94. The van der Waals surface area contributed by atoms with Gasteiger partial charge in [-0.2, -0.15) is 18.2 Å². The van der Waals surface area contributed by atoms with Crippen LogP contribution in [0.3, 0.4) is 0 Å². The van der Waals surface area contributed by atoms with Gasteiger partial charge in [-0.3, -0.25) is 5.41 Å². The first-order valence-electron chi connectivity index (χ1n) is 11.0. The number of hydrogen-bond acceptors (Lipinski definition) is 4. The van der Waals surface area contributed by atoms with E-state index in [1.165, 1.54) is 12.5 Å². The fraction of sp³-hybridized carbons (Fsp3) is 0.591. The third-order valence-corrected chi connectivity index (χ3v) is 5.76. The molecule has 178 valence electrons. The average molecular weight is 474 g/mol. The smallest absolute Gasteiger partial charge is 0.370 e. The maximum Gasteiger partial charge on any atom is 0.416 e. The molecule has 32 heavy (non-hydrogen) atoms. The summed E-state index contributed by atoms with van der Waals surface area (Å²) in [6.07, 6.45) is 3.64. The lowest BCUT2D eigenvalue weighted by Crippen LogP contribution is -2.35. The summed E-state index contributed by atoms with van der Waals surface area (Å²) in [5.41, 5.74) is 5.52.